The number of benzene rings is 1. The minimum atomic E-state index is -0.153. The molecular weight excluding hydrogens is 458 g/mol. The Morgan fingerprint density at radius 1 is 1.21 bits per heavy atom. The van der Waals surface area contributed by atoms with Gasteiger partial charge in [-0.25, -0.2) is 4.98 Å². The van der Waals surface area contributed by atoms with Gasteiger partial charge in [0.15, 0.2) is 10.8 Å². The quantitative estimate of drug-likeness (QED) is 0.386. The largest absolute Gasteiger partial charge is 0.497 e. The molecule has 10 heteroatoms. The number of hydrogen-bond acceptors (Lipinski definition) is 8. The first-order valence-corrected chi connectivity index (χ1v) is 12.8. The highest BCUT2D eigenvalue weighted by molar-refractivity contribution is 7.99. The minimum Gasteiger partial charge on any atom is -0.497 e. The lowest BCUT2D eigenvalue weighted by molar-refractivity contribution is -0.113. The Balaban J connectivity index is 1.41. The number of thioether (sulfide) groups is 1. The van der Waals surface area contributed by atoms with Crippen molar-refractivity contribution in [2.24, 2.45) is 0 Å². The van der Waals surface area contributed by atoms with Crippen LogP contribution in [-0.4, -0.2) is 45.5 Å². The first kappa shape index (κ1) is 22.0. The fourth-order valence-electron chi connectivity index (χ4n) is 4.24. The number of nitrogens with zero attached hydrogens (tertiary/aromatic N) is 4. The summed E-state index contributed by atoms with van der Waals surface area (Å²) in [5.41, 5.74) is 2.84. The van der Waals surface area contributed by atoms with Crippen molar-refractivity contribution >= 4 is 50.6 Å². The number of aryl methyl sites for hydroxylation is 3. The van der Waals surface area contributed by atoms with Crippen LogP contribution < -0.4 is 14.8 Å². The zero-order valence-electron chi connectivity index (χ0n) is 18.8. The molecule has 3 heterocycles. The van der Waals surface area contributed by atoms with Crippen LogP contribution in [0.3, 0.4) is 0 Å². The molecule has 5 rings (SSSR count). The molecule has 1 aromatic carbocycles. The van der Waals surface area contributed by atoms with Crippen LogP contribution in [0.25, 0.3) is 15.9 Å². The standard InChI is InChI=1S/C23H25N5O3S2/c1-4-18-25-22-20(14-7-5-6-8-17(14)33-22)21-26-27-23(28(18)21)32-12-19(29)24-15-10-9-13(30-2)11-16(15)31-3/h9-11H,4-8,12H2,1-3H3,(H,24,29). The summed E-state index contributed by atoms with van der Waals surface area (Å²) < 4.78 is 12.6. The van der Waals surface area contributed by atoms with E-state index in [9.17, 15) is 4.79 Å². The maximum Gasteiger partial charge on any atom is 0.234 e. The van der Waals surface area contributed by atoms with E-state index in [-0.39, 0.29) is 11.7 Å². The molecule has 0 saturated carbocycles. The van der Waals surface area contributed by atoms with Crippen LogP contribution >= 0.6 is 23.1 Å². The molecule has 0 fully saturated rings. The highest BCUT2D eigenvalue weighted by Gasteiger charge is 2.23. The zero-order valence-corrected chi connectivity index (χ0v) is 20.4. The second-order valence-electron chi connectivity index (χ2n) is 7.82. The van der Waals surface area contributed by atoms with Gasteiger partial charge >= 0.3 is 0 Å². The van der Waals surface area contributed by atoms with E-state index in [1.165, 1.54) is 35.0 Å². The lowest BCUT2D eigenvalue weighted by Gasteiger charge is -2.12. The van der Waals surface area contributed by atoms with Gasteiger partial charge in [0.1, 0.15) is 22.2 Å². The SMILES string of the molecule is CCc1nc2sc3c(c2c2nnc(SCC(=O)Nc4ccc(OC)cc4OC)n12)CCCC3. The van der Waals surface area contributed by atoms with Gasteiger partial charge in [-0.15, -0.1) is 21.5 Å². The van der Waals surface area contributed by atoms with E-state index in [2.05, 4.69) is 22.4 Å². The number of carbonyl (C=O) groups excluding carboxylic acids is 1. The molecule has 0 bridgehead atoms. The Kier molecular flexibility index (Phi) is 6.11. The van der Waals surface area contributed by atoms with E-state index in [4.69, 9.17) is 14.5 Å². The van der Waals surface area contributed by atoms with Gasteiger partial charge in [0.2, 0.25) is 5.91 Å². The van der Waals surface area contributed by atoms with E-state index < -0.39 is 0 Å². The number of anilines is 1. The predicted octanol–water partition coefficient (Wildman–Crippen LogP) is 4.53. The van der Waals surface area contributed by atoms with Crippen LogP contribution in [0.15, 0.2) is 23.4 Å². The number of ether oxygens (including phenoxy) is 2. The Bertz CT molecular complexity index is 1350. The molecular formula is C23H25N5O3S2. The van der Waals surface area contributed by atoms with Crippen molar-refractivity contribution in [3.05, 3.63) is 34.5 Å². The second-order valence-corrected chi connectivity index (χ2v) is 9.84. The number of nitrogens with one attached hydrogen (secondary N) is 1. The Morgan fingerprint density at radius 3 is 2.85 bits per heavy atom. The van der Waals surface area contributed by atoms with Crippen LogP contribution in [0.1, 0.15) is 36.0 Å². The first-order valence-electron chi connectivity index (χ1n) is 11.0. The van der Waals surface area contributed by atoms with Gasteiger partial charge in [0, 0.05) is 17.4 Å². The van der Waals surface area contributed by atoms with Gasteiger partial charge in [-0.2, -0.15) is 0 Å². The highest BCUT2D eigenvalue weighted by atomic mass is 32.2. The summed E-state index contributed by atoms with van der Waals surface area (Å²) >= 11 is 3.15. The van der Waals surface area contributed by atoms with Crippen molar-refractivity contribution < 1.29 is 14.3 Å². The van der Waals surface area contributed by atoms with E-state index in [1.807, 2.05) is 4.40 Å². The molecule has 3 aromatic heterocycles. The zero-order chi connectivity index (χ0) is 22.9. The van der Waals surface area contributed by atoms with Crippen molar-refractivity contribution in [2.45, 2.75) is 44.2 Å². The van der Waals surface area contributed by atoms with Crippen LogP contribution in [0, 0.1) is 0 Å². The average molecular weight is 484 g/mol. The molecule has 1 amide bonds. The summed E-state index contributed by atoms with van der Waals surface area (Å²) in [4.78, 5) is 20.1. The van der Waals surface area contributed by atoms with Crippen molar-refractivity contribution in [1.82, 2.24) is 19.6 Å². The number of carbonyl (C=O) groups is 1. The molecule has 0 saturated heterocycles. The maximum atomic E-state index is 12.7. The van der Waals surface area contributed by atoms with Crippen LogP contribution in [-0.2, 0) is 24.1 Å². The molecule has 172 valence electrons. The molecule has 4 aromatic rings. The van der Waals surface area contributed by atoms with Gasteiger partial charge < -0.3 is 14.8 Å². The van der Waals surface area contributed by atoms with Gasteiger partial charge in [0.25, 0.3) is 0 Å². The normalized spacial score (nSPS) is 13.3. The Morgan fingerprint density at radius 2 is 2.06 bits per heavy atom. The number of hydrogen-bond donors (Lipinski definition) is 1. The lowest BCUT2D eigenvalue weighted by atomic mass is 9.97. The fraction of sp³-hybridized carbons (Fsp3) is 0.391. The lowest BCUT2D eigenvalue weighted by Crippen LogP contribution is -2.15. The van der Waals surface area contributed by atoms with Crippen molar-refractivity contribution in [3.63, 3.8) is 0 Å². The third kappa shape index (κ3) is 4.02. The number of aromatic nitrogens is 4. The number of methoxy groups -OCH3 is 2. The molecule has 0 spiro atoms. The van der Waals surface area contributed by atoms with Gasteiger partial charge in [-0.3, -0.25) is 9.20 Å². The molecule has 1 aliphatic rings. The summed E-state index contributed by atoms with van der Waals surface area (Å²) in [6.45, 7) is 2.08. The molecule has 33 heavy (non-hydrogen) atoms. The summed E-state index contributed by atoms with van der Waals surface area (Å²) in [6.07, 6.45) is 5.38. The monoisotopic (exact) mass is 483 g/mol. The minimum absolute atomic E-state index is 0.153. The van der Waals surface area contributed by atoms with E-state index >= 15 is 0 Å². The predicted molar refractivity (Wildman–Crippen MR) is 131 cm³/mol. The van der Waals surface area contributed by atoms with Crippen molar-refractivity contribution in [1.29, 1.82) is 0 Å². The fourth-order valence-corrected chi connectivity index (χ4v) is 6.27. The number of rotatable bonds is 7. The highest BCUT2D eigenvalue weighted by Crippen LogP contribution is 2.38. The molecule has 0 radical (unpaired) electrons. The van der Waals surface area contributed by atoms with Crippen molar-refractivity contribution in [2.75, 3.05) is 25.3 Å². The van der Waals surface area contributed by atoms with E-state index in [0.717, 1.165) is 41.0 Å². The third-order valence-corrected chi connectivity index (χ3v) is 7.94. The average Bonchev–Trinajstić information content (AvgIpc) is 3.43. The Labute approximate surface area is 199 Å². The molecule has 8 nitrogen and oxygen atoms in total. The number of amides is 1. The number of fused-ring (bicyclic) bond motifs is 5. The molecule has 0 aliphatic heterocycles. The third-order valence-electron chi connectivity index (χ3n) is 5.83. The van der Waals surface area contributed by atoms with Crippen LogP contribution in [0.2, 0.25) is 0 Å². The maximum absolute atomic E-state index is 12.7. The number of thiophene rings is 1. The molecule has 0 atom stereocenters. The van der Waals surface area contributed by atoms with Gasteiger partial charge in [-0.1, -0.05) is 18.7 Å². The second kappa shape index (κ2) is 9.18. The summed E-state index contributed by atoms with van der Waals surface area (Å²) in [7, 11) is 3.15. The van der Waals surface area contributed by atoms with Gasteiger partial charge in [-0.05, 0) is 43.4 Å². The Hall–Kier alpha value is -2.85. The topological polar surface area (TPSA) is 90.6 Å². The van der Waals surface area contributed by atoms with Crippen LogP contribution in [0.4, 0.5) is 5.69 Å². The van der Waals surface area contributed by atoms with E-state index in [0.29, 0.717) is 22.3 Å². The van der Waals surface area contributed by atoms with Crippen molar-refractivity contribution in [3.8, 4) is 11.5 Å². The summed E-state index contributed by atoms with van der Waals surface area (Å²) in [5, 5.41) is 13.7. The first-order chi connectivity index (χ1) is 16.1. The smallest absolute Gasteiger partial charge is 0.234 e. The molecule has 1 N–H and O–H groups in total. The van der Waals surface area contributed by atoms with Crippen LogP contribution in [0.5, 0.6) is 11.5 Å². The van der Waals surface area contributed by atoms with Gasteiger partial charge in [0.05, 0.1) is 31.0 Å². The van der Waals surface area contributed by atoms with E-state index in [1.54, 1.807) is 43.8 Å². The molecule has 1 aliphatic carbocycles. The summed E-state index contributed by atoms with van der Waals surface area (Å²) in [6, 6.07) is 5.28. The summed E-state index contributed by atoms with van der Waals surface area (Å²) in [5.74, 6) is 2.17. The molecule has 0 unspecified atom stereocenters.